The Bertz CT molecular complexity index is 1200. The first-order chi connectivity index (χ1) is 14.5. The summed E-state index contributed by atoms with van der Waals surface area (Å²) in [5.41, 5.74) is 1.58. The third kappa shape index (κ3) is 3.98. The average molecular weight is 422 g/mol. The lowest BCUT2D eigenvalue weighted by Gasteiger charge is -2.18. The maximum Gasteiger partial charge on any atom is 0.353 e. The predicted molar refractivity (Wildman–Crippen MR) is 117 cm³/mol. The Morgan fingerprint density at radius 2 is 2.00 bits per heavy atom. The first-order valence-corrected chi connectivity index (χ1v) is 9.83. The number of hydrogen-bond donors (Lipinski definition) is 1. The summed E-state index contributed by atoms with van der Waals surface area (Å²) < 4.78 is 6.13. The van der Waals surface area contributed by atoms with Gasteiger partial charge >= 0.3 is 5.69 Å². The zero-order valence-electron chi connectivity index (χ0n) is 16.3. The van der Waals surface area contributed by atoms with E-state index in [0.29, 0.717) is 11.7 Å². The lowest BCUT2D eigenvalue weighted by molar-refractivity contribution is -0.383. The molecule has 0 aliphatic heterocycles. The Labute approximate surface area is 176 Å². The van der Waals surface area contributed by atoms with Crippen LogP contribution in [0.25, 0.3) is 10.2 Å². The van der Waals surface area contributed by atoms with E-state index in [1.165, 1.54) is 17.7 Å². The molecule has 10 heteroatoms. The minimum atomic E-state index is -0.477. The third-order valence-electron chi connectivity index (χ3n) is 4.43. The lowest BCUT2D eigenvalue weighted by atomic mass is 10.2. The summed E-state index contributed by atoms with van der Waals surface area (Å²) in [6.07, 6.45) is 1.31. The fourth-order valence-corrected chi connectivity index (χ4v) is 3.92. The standard InChI is InChI=1S/C20H18N6O3S/c1-25(11-13-6-4-3-5-7-13)19-17(26(27)28)18(21-12-22-19)24-20-23-15-9-8-14(29-2)10-16(15)30-20/h3-10,12H,11H2,1-2H3,(H,21,22,23,24). The third-order valence-corrected chi connectivity index (χ3v) is 5.36. The molecule has 0 aliphatic rings. The second-order valence-corrected chi connectivity index (χ2v) is 7.50. The van der Waals surface area contributed by atoms with Crippen LogP contribution in [0.5, 0.6) is 5.75 Å². The fourth-order valence-electron chi connectivity index (χ4n) is 3.03. The van der Waals surface area contributed by atoms with Crippen molar-refractivity contribution in [2.75, 3.05) is 24.4 Å². The van der Waals surface area contributed by atoms with Crippen LogP contribution < -0.4 is 15.0 Å². The van der Waals surface area contributed by atoms with Crippen LogP contribution in [-0.4, -0.2) is 34.0 Å². The van der Waals surface area contributed by atoms with Crippen molar-refractivity contribution in [2.45, 2.75) is 6.54 Å². The quantitative estimate of drug-likeness (QED) is 0.345. The molecule has 2 aromatic heterocycles. The summed E-state index contributed by atoms with van der Waals surface area (Å²) in [5, 5.41) is 15.4. The van der Waals surface area contributed by atoms with E-state index in [2.05, 4.69) is 20.3 Å². The highest BCUT2D eigenvalue weighted by Gasteiger charge is 2.26. The molecule has 0 fully saturated rings. The van der Waals surface area contributed by atoms with Crippen LogP contribution in [0.3, 0.4) is 0 Å². The predicted octanol–water partition coefficient (Wildman–Crippen LogP) is 4.38. The molecule has 2 heterocycles. The Morgan fingerprint density at radius 1 is 1.20 bits per heavy atom. The van der Waals surface area contributed by atoms with Gasteiger partial charge in [-0.25, -0.2) is 15.0 Å². The summed E-state index contributed by atoms with van der Waals surface area (Å²) in [7, 11) is 3.36. The molecule has 0 spiro atoms. The van der Waals surface area contributed by atoms with Crippen LogP contribution in [-0.2, 0) is 6.54 Å². The number of nitro groups is 1. The zero-order valence-corrected chi connectivity index (χ0v) is 17.1. The maximum atomic E-state index is 11.9. The normalized spacial score (nSPS) is 10.7. The highest BCUT2D eigenvalue weighted by molar-refractivity contribution is 7.22. The van der Waals surface area contributed by atoms with Gasteiger partial charge in [-0.05, 0) is 23.8 Å². The highest BCUT2D eigenvalue weighted by atomic mass is 32.1. The van der Waals surface area contributed by atoms with Crippen molar-refractivity contribution in [1.29, 1.82) is 0 Å². The SMILES string of the molecule is COc1ccc2nc(Nc3ncnc(N(C)Cc4ccccc4)c3[N+](=O)[O-])sc2c1. The second kappa shape index (κ2) is 8.29. The van der Waals surface area contributed by atoms with E-state index >= 15 is 0 Å². The van der Waals surface area contributed by atoms with Crippen LogP contribution in [0.15, 0.2) is 54.9 Å². The molecule has 0 saturated heterocycles. The van der Waals surface area contributed by atoms with Crippen molar-refractivity contribution in [1.82, 2.24) is 15.0 Å². The number of aromatic nitrogens is 3. The van der Waals surface area contributed by atoms with Gasteiger partial charge in [0.1, 0.15) is 12.1 Å². The Kier molecular flexibility index (Phi) is 5.40. The van der Waals surface area contributed by atoms with Gasteiger partial charge in [-0.15, -0.1) is 0 Å². The molecule has 4 aromatic rings. The Hall–Kier alpha value is -3.79. The summed E-state index contributed by atoms with van der Waals surface area (Å²) in [6, 6.07) is 15.2. The number of anilines is 3. The topological polar surface area (TPSA) is 106 Å². The highest BCUT2D eigenvalue weighted by Crippen LogP contribution is 2.36. The van der Waals surface area contributed by atoms with Gasteiger partial charge in [-0.3, -0.25) is 10.1 Å². The van der Waals surface area contributed by atoms with Crippen molar-refractivity contribution >= 4 is 44.0 Å². The van der Waals surface area contributed by atoms with Crippen LogP contribution in [0.4, 0.5) is 22.5 Å². The van der Waals surface area contributed by atoms with Crippen molar-refractivity contribution in [3.05, 3.63) is 70.5 Å². The molecule has 0 unspecified atom stereocenters. The molecule has 152 valence electrons. The molecular formula is C20H18N6O3S. The van der Waals surface area contributed by atoms with Crippen molar-refractivity contribution < 1.29 is 9.66 Å². The monoisotopic (exact) mass is 422 g/mol. The van der Waals surface area contributed by atoms with Crippen LogP contribution in [0, 0.1) is 10.1 Å². The molecule has 0 atom stereocenters. The van der Waals surface area contributed by atoms with Crippen LogP contribution >= 0.6 is 11.3 Å². The first-order valence-electron chi connectivity index (χ1n) is 9.01. The molecule has 4 rings (SSSR count). The van der Waals surface area contributed by atoms with Gasteiger partial charge < -0.3 is 15.0 Å². The number of hydrogen-bond acceptors (Lipinski definition) is 9. The lowest BCUT2D eigenvalue weighted by Crippen LogP contribution is -2.20. The molecule has 0 saturated carbocycles. The molecule has 2 aromatic carbocycles. The number of nitrogens with one attached hydrogen (secondary N) is 1. The molecule has 0 aliphatic carbocycles. The van der Waals surface area contributed by atoms with Crippen LogP contribution in [0.1, 0.15) is 5.56 Å². The molecular weight excluding hydrogens is 404 g/mol. The van der Waals surface area contributed by atoms with Gasteiger partial charge in [0.25, 0.3) is 0 Å². The number of thiazole rings is 1. The molecule has 9 nitrogen and oxygen atoms in total. The second-order valence-electron chi connectivity index (χ2n) is 6.47. The first kappa shape index (κ1) is 19.5. The minimum absolute atomic E-state index is 0.0935. The number of benzene rings is 2. The Morgan fingerprint density at radius 3 is 2.73 bits per heavy atom. The van der Waals surface area contributed by atoms with E-state index in [4.69, 9.17) is 4.74 Å². The molecule has 30 heavy (non-hydrogen) atoms. The number of rotatable bonds is 7. The number of fused-ring (bicyclic) bond motifs is 1. The summed E-state index contributed by atoms with van der Waals surface area (Å²) >= 11 is 1.36. The van der Waals surface area contributed by atoms with Gasteiger partial charge in [0, 0.05) is 13.6 Å². The van der Waals surface area contributed by atoms with Gasteiger partial charge in [-0.2, -0.15) is 0 Å². The molecule has 0 amide bonds. The summed E-state index contributed by atoms with van der Waals surface area (Å²) in [5.74, 6) is 1.04. The van der Waals surface area contributed by atoms with Gasteiger partial charge in [0.15, 0.2) is 5.13 Å². The maximum absolute atomic E-state index is 11.9. The average Bonchev–Trinajstić information content (AvgIpc) is 3.15. The van der Waals surface area contributed by atoms with Crippen molar-refractivity contribution in [3.8, 4) is 5.75 Å². The molecule has 1 N–H and O–H groups in total. The smallest absolute Gasteiger partial charge is 0.353 e. The molecule has 0 bridgehead atoms. The van der Waals surface area contributed by atoms with E-state index in [1.54, 1.807) is 19.1 Å². The summed E-state index contributed by atoms with van der Waals surface area (Å²) in [4.78, 5) is 25.9. The largest absolute Gasteiger partial charge is 0.497 e. The van der Waals surface area contributed by atoms with Gasteiger partial charge in [0.2, 0.25) is 11.6 Å². The minimum Gasteiger partial charge on any atom is -0.497 e. The zero-order chi connectivity index (χ0) is 21.1. The number of methoxy groups -OCH3 is 1. The van der Waals surface area contributed by atoms with Gasteiger partial charge in [-0.1, -0.05) is 41.7 Å². The van der Waals surface area contributed by atoms with E-state index in [0.717, 1.165) is 21.5 Å². The number of nitrogens with zero attached hydrogens (tertiary/aromatic N) is 5. The van der Waals surface area contributed by atoms with Crippen LogP contribution in [0.2, 0.25) is 0 Å². The van der Waals surface area contributed by atoms with Crippen molar-refractivity contribution in [2.24, 2.45) is 0 Å². The number of ether oxygens (including phenoxy) is 1. The van der Waals surface area contributed by atoms with E-state index in [9.17, 15) is 10.1 Å². The van der Waals surface area contributed by atoms with E-state index in [1.807, 2.05) is 48.5 Å². The van der Waals surface area contributed by atoms with E-state index in [-0.39, 0.29) is 17.3 Å². The fraction of sp³-hybridized carbons (Fsp3) is 0.150. The van der Waals surface area contributed by atoms with Gasteiger partial charge in [0.05, 0.1) is 22.2 Å². The summed E-state index contributed by atoms with van der Waals surface area (Å²) in [6.45, 7) is 0.471. The van der Waals surface area contributed by atoms with Crippen molar-refractivity contribution in [3.63, 3.8) is 0 Å². The van der Waals surface area contributed by atoms with E-state index < -0.39 is 4.92 Å². The molecule has 0 radical (unpaired) electrons. The Balaban J connectivity index is 1.66.